The van der Waals surface area contributed by atoms with Gasteiger partial charge in [-0.15, -0.1) is 0 Å². The van der Waals surface area contributed by atoms with Crippen LogP contribution in [0.4, 0.5) is 23.4 Å². The summed E-state index contributed by atoms with van der Waals surface area (Å²) in [7, 11) is 0. The molecule has 11 heteroatoms. The maximum atomic E-state index is 11.8. The minimum Gasteiger partial charge on any atom is -0.391 e. The van der Waals surface area contributed by atoms with Crippen molar-refractivity contribution in [2.75, 3.05) is 41.3 Å². The summed E-state index contributed by atoms with van der Waals surface area (Å²) < 4.78 is 2.04. The summed E-state index contributed by atoms with van der Waals surface area (Å²) in [5.74, 6) is 2.40. The second-order valence-electron chi connectivity index (χ2n) is 9.96. The topological polar surface area (TPSA) is 138 Å². The molecule has 3 aromatic rings. The largest absolute Gasteiger partial charge is 0.391 e. The number of amides is 1. The molecule has 3 aromatic heterocycles. The van der Waals surface area contributed by atoms with Gasteiger partial charge in [-0.05, 0) is 39.2 Å². The molecular weight excluding hydrogens is 446 g/mol. The maximum absolute atomic E-state index is 11.8. The molecule has 2 fully saturated rings. The molecule has 0 radical (unpaired) electrons. The Hall–Kier alpha value is -3.47. The zero-order valence-electron chi connectivity index (χ0n) is 20.5. The number of β-amino-alcohol motifs (C(OH)–C–C–N with tert-alkyl or cyclic N) is 1. The van der Waals surface area contributed by atoms with E-state index in [1.54, 1.807) is 12.3 Å². The number of aliphatic hydroxyl groups is 1. The van der Waals surface area contributed by atoms with Crippen LogP contribution in [0.5, 0.6) is 0 Å². The van der Waals surface area contributed by atoms with E-state index in [4.69, 9.17) is 10.8 Å². The molecule has 3 atom stereocenters. The van der Waals surface area contributed by atoms with E-state index in [1.165, 1.54) is 0 Å². The van der Waals surface area contributed by atoms with E-state index in [1.807, 2.05) is 28.8 Å². The number of carbonyl (C=O) groups excluding carboxylic acids is 1. The number of carbonyl (C=O) groups is 1. The fourth-order valence-corrected chi connectivity index (χ4v) is 4.80. The first-order chi connectivity index (χ1) is 16.8. The van der Waals surface area contributed by atoms with Crippen molar-refractivity contribution in [1.82, 2.24) is 24.7 Å². The average Bonchev–Trinajstić information content (AvgIpc) is 3.56. The fraction of sp³-hybridized carbons (Fsp3) is 0.542. The van der Waals surface area contributed by atoms with Crippen molar-refractivity contribution in [1.29, 1.82) is 0 Å². The Labute approximate surface area is 204 Å². The van der Waals surface area contributed by atoms with Crippen molar-refractivity contribution in [2.24, 2.45) is 11.1 Å². The van der Waals surface area contributed by atoms with E-state index in [0.29, 0.717) is 43.6 Å². The zero-order valence-corrected chi connectivity index (χ0v) is 20.5. The van der Waals surface area contributed by atoms with Crippen molar-refractivity contribution >= 4 is 40.2 Å². The van der Waals surface area contributed by atoms with Crippen molar-refractivity contribution in [3.05, 3.63) is 24.5 Å². The number of hydrogen-bond donors (Lipinski definition) is 3. The lowest BCUT2D eigenvalue weighted by molar-refractivity contribution is -0.125. The molecule has 0 aliphatic carbocycles. The molecule has 5 rings (SSSR count). The van der Waals surface area contributed by atoms with Crippen LogP contribution in [0.1, 0.15) is 46.1 Å². The van der Waals surface area contributed by atoms with Gasteiger partial charge < -0.3 is 26.0 Å². The minimum absolute atomic E-state index is 0.217. The highest BCUT2D eigenvalue weighted by molar-refractivity contribution is 5.92. The number of rotatable bonds is 7. The fourth-order valence-electron chi connectivity index (χ4n) is 4.80. The van der Waals surface area contributed by atoms with Gasteiger partial charge in [0.15, 0.2) is 5.82 Å². The van der Waals surface area contributed by atoms with Crippen LogP contribution in [-0.4, -0.2) is 68.0 Å². The maximum Gasteiger partial charge on any atom is 0.227 e. The van der Waals surface area contributed by atoms with Crippen LogP contribution in [0.15, 0.2) is 24.5 Å². The van der Waals surface area contributed by atoms with Crippen molar-refractivity contribution in [2.45, 2.75) is 52.2 Å². The van der Waals surface area contributed by atoms with E-state index >= 15 is 0 Å². The molecule has 0 spiro atoms. The van der Waals surface area contributed by atoms with Gasteiger partial charge in [-0.25, -0.2) is 9.97 Å². The lowest BCUT2D eigenvalue weighted by Crippen LogP contribution is -2.37. The predicted molar refractivity (Wildman–Crippen MR) is 135 cm³/mol. The second kappa shape index (κ2) is 8.95. The van der Waals surface area contributed by atoms with Gasteiger partial charge >= 0.3 is 0 Å². The smallest absolute Gasteiger partial charge is 0.227 e. The van der Waals surface area contributed by atoms with Gasteiger partial charge in [-0.1, -0.05) is 6.92 Å². The number of pyridine rings is 1. The highest BCUT2D eigenvalue weighted by Gasteiger charge is 2.39. The summed E-state index contributed by atoms with van der Waals surface area (Å²) in [5, 5.41) is 19.2. The van der Waals surface area contributed by atoms with Gasteiger partial charge in [0.05, 0.1) is 22.4 Å². The third-order valence-corrected chi connectivity index (χ3v) is 7.29. The number of aliphatic hydroxyl groups excluding tert-OH is 1. The molecule has 0 saturated carbocycles. The molecule has 5 heterocycles. The Morgan fingerprint density at radius 1 is 1.31 bits per heavy atom. The van der Waals surface area contributed by atoms with E-state index < -0.39 is 5.41 Å². The quantitative estimate of drug-likeness (QED) is 0.465. The highest BCUT2D eigenvalue weighted by atomic mass is 16.3. The van der Waals surface area contributed by atoms with Gasteiger partial charge in [0.1, 0.15) is 11.6 Å². The van der Waals surface area contributed by atoms with Gasteiger partial charge in [0, 0.05) is 50.7 Å². The summed E-state index contributed by atoms with van der Waals surface area (Å²) >= 11 is 0. The Balaban J connectivity index is 1.42. The van der Waals surface area contributed by atoms with Gasteiger partial charge in [-0.3, -0.25) is 9.48 Å². The lowest BCUT2D eigenvalue weighted by Gasteiger charge is -2.21. The van der Waals surface area contributed by atoms with E-state index in [-0.39, 0.29) is 18.1 Å². The minimum atomic E-state index is -0.573. The van der Waals surface area contributed by atoms with Crippen LogP contribution in [0.2, 0.25) is 0 Å². The molecule has 0 bridgehead atoms. The summed E-state index contributed by atoms with van der Waals surface area (Å²) in [6.45, 7) is 8.71. The summed E-state index contributed by atoms with van der Waals surface area (Å²) in [6.07, 6.45) is 5.58. The first kappa shape index (κ1) is 23.3. The number of nitrogens with zero attached hydrogens (tertiary/aromatic N) is 7. The number of anilines is 4. The Kier molecular flexibility index (Phi) is 5.96. The molecule has 2 aliphatic heterocycles. The molecule has 186 valence electrons. The highest BCUT2D eigenvalue weighted by Crippen LogP contribution is 2.34. The molecule has 4 N–H and O–H groups in total. The van der Waals surface area contributed by atoms with Crippen molar-refractivity contribution in [3.63, 3.8) is 0 Å². The Morgan fingerprint density at radius 3 is 2.83 bits per heavy atom. The molecule has 2 saturated heterocycles. The van der Waals surface area contributed by atoms with Gasteiger partial charge in [-0.2, -0.15) is 10.1 Å². The van der Waals surface area contributed by atoms with Gasteiger partial charge in [0.2, 0.25) is 11.9 Å². The summed E-state index contributed by atoms with van der Waals surface area (Å²) in [6, 6.07) is 4.00. The van der Waals surface area contributed by atoms with E-state index in [2.05, 4.69) is 39.0 Å². The monoisotopic (exact) mass is 479 g/mol. The first-order valence-electron chi connectivity index (χ1n) is 12.2. The normalized spacial score (nSPS) is 23.3. The summed E-state index contributed by atoms with van der Waals surface area (Å²) in [4.78, 5) is 29.6. The zero-order chi connectivity index (χ0) is 24.7. The molecule has 35 heavy (non-hydrogen) atoms. The molecule has 0 aromatic carbocycles. The number of fused-ring (bicyclic) bond motifs is 1. The lowest BCUT2D eigenvalue weighted by atomic mass is 9.89. The third kappa shape index (κ3) is 4.36. The van der Waals surface area contributed by atoms with Crippen molar-refractivity contribution in [3.8, 4) is 0 Å². The molecule has 11 nitrogen and oxygen atoms in total. The van der Waals surface area contributed by atoms with E-state index in [0.717, 1.165) is 36.1 Å². The van der Waals surface area contributed by atoms with Crippen LogP contribution in [0.3, 0.4) is 0 Å². The van der Waals surface area contributed by atoms with Crippen LogP contribution < -0.4 is 20.9 Å². The molecular formula is C24H33N9O2. The van der Waals surface area contributed by atoms with E-state index in [9.17, 15) is 9.90 Å². The molecule has 2 unspecified atom stereocenters. The predicted octanol–water partition coefficient (Wildman–Crippen LogP) is 2.21. The third-order valence-electron chi connectivity index (χ3n) is 7.29. The standard InChI is InChI=1S/C24H33N9O2/c1-4-15(2)33-18-11-20(27-12-17(18)21(30-33)31-9-6-16(34)13-31)28-19-5-8-26-23(29-19)32-10-7-24(3,14-32)22(25)35/h5,8,11-12,15-16,34H,4,6-7,9-10,13-14H2,1-3H3,(H2,25,35)(H,26,27,28,29)/t15?,16-,24?/m1/s1. The number of nitrogens with one attached hydrogen (secondary N) is 1. The first-order valence-corrected chi connectivity index (χ1v) is 12.2. The number of hydrogen-bond acceptors (Lipinski definition) is 9. The van der Waals surface area contributed by atoms with Crippen LogP contribution in [0.25, 0.3) is 10.9 Å². The second-order valence-corrected chi connectivity index (χ2v) is 9.96. The SMILES string of the molecule is CCC(C)n1nc(N2CC[C@@H](O)C2)c2cnc(Nc3ccnc(N4CCC(C)(C(N)=O)C4)n3)cc21. The molecule has 2 aliphatic rings. The van der Waals surface area contributed by atoms with Crippen LogP contribution in [-0.2, 0) is 4.79 Å². The van der Waals surface area contributed by atoms with Crippen LogP contribution >= 0.6 is 0 Å². The molecule has 1 amide bonds. The number of nitrogens with two attached hydrogens (primary N) is 1. The summed E-state index contributed by atoms with van der Waals surface area (Å²) in [5.41, 5.74) is 6.00. The number of aromatic nitrogens is 5. The van der Waals surface area contributed by atoms with Gasteiger partial charge in [0.25, 0.3) is 0 Å². The van der Waals surface area contributed by atoms with Crippen LogP contribution in [0, 0.1) is 5.41 Å². The number of primary amides is 1. The average molecular weight is 480 g/mol. The Morgan fingerprint density at radius 2 is 2.14 bits per heavy atom. The Bertz CT molecular complexity index is 1240. The van der Waals surface area contributed by atoms with Crippen molar-refractivity contribution < 1.29 is 9.90 Å².